The van der Waals surface area contributed by atoms with Crippen LogP contribution < -0.4 is 5.32 Å². The predicted molar refractivity (Wildman–Crippen MR) is 134 cm³/mol. The Morgan fingerprint density at radius 2 is 1.42 bits per heavy atom. The zero-order valence-corrected chi connectivity index (χ0v) is 20.0. The highest BCUT2D eigenvalue weighted by Crippen LogP contribution is 2.36. The first-order chi connectivity index (χ1) is 17.3. The minimum absolute atomic E-state index is 0.0914. The lowest BCUT2D eigenvalue weighted by atomic mass is 9.96. The minimum atomic E-state index is -4.64. The summed E-state index contributed by atoms with van der Waals surface area (Å²) < 4.78 is 39.2. The fourth-order valence-electron chi connectivity index (χ4n) is 4.80. The maximum absolute atomic E-state index is 13.1. The summed E-state index contributed by atoms with van der Waals surface area (Å²) in [5.74, 6) is 0. The Morgan fingerprint density at radius 1 is 0.889 bits per heavy atom. The van der Waals surface area contributed by atoms with E-state index < -0.39 is 22.4 Å². The molecule has 0 amide bonds. The van der Waals surface area contributed by atoms with Crippen LogP contribution in [0.4, 0.5) is 24.5 Å². The first kappa shape index (κ1) is 25.7. The second kappa shape index (κ2) is 11.1. The van der Waals surface area contributed by atoms with E-state index in [-0.39, 0.29) is 17.9 Å². The van der Waals surface area contributed by atoms with Gasteiger partial charge in [-0.05, 0) is 29.7 Å². The summed E-state index contributed by atoms with van der Waals surface area (Å²) in [4.78, 5) is 15.4. The number of hydrogen-bond acceptors (Lipinski definition) is 5. The largest absolute Gasteiger partial charge is 0.416 e. The number of rotatable bonds is 8. The Bertz CT molecular complexity index is 1110. The SMILES string of the molecule is CCC(Nc1ccc(C(F)(F)F)cc1[N+](=O)[O-])N1CCN(C(c2ccccc2)c2ccccc2)CC1. The van der Waals surface area contributed by atoms with E-state index >= 15 is 0 Å². The van der Waals surface area contributed by atoms with Gasteiger partial charge in [-0.2, -0.15) is 13.2 Å². The zero-order valence-electron chi connectivity index (χ0n) is 20.0. The quantitative estimate of drug-likeness (QED) is 0.297. The Kier molecular flexibility index (Phi) is 7.91. The van der Waals surface area contributed by atoms with E-state index in [2.05, 4.69) is 39.4 Å². The van der Waals surface area contributed by atoms with Crippen LogP contribution in [0.3, 0.4) is 0 Å². The van der Waals surface area contributed by atoms with Crippen LogP contribution >= 0.6 is 0 Å². The Labute approximate surface area is 208 Å². The lowest BCUT2D eigenvalue weighted by Gasteiger charge is -2.42. The maximum atomic E-state index is 13.1. The van der Waals surface area contributed by atoms with Crippen LogP contribution in [-0.4, -0.2) is 47.1 Å². The van der Waals surface area contributed by atoms with Crippen molar-refractivity contribution in [3.8, 4) is 0 Å². The van der Waals surface area contributed by atoms with Gasteiger partial charge in [-0.1, -0.05) is 67.6 Å². The van der Waals surface area contributed by atoms with Crippen LogP contribution in [0.2, 0.25) is 0 Å². The predicted octanol–water partition coefficient (Wildman–Crippen LogP) is 6.17. The van der Waals surface area contributed by atoms with Gasteiger partial charge in [0.05, 0.1) is 22.7 Å². The summed E-state index contributed by atoms with van der Waals surface area (Å²) in [6.45, 7) is 4.95. The molecule has 9 heteroatoms. The highest BCUT2D eigenvalue weighted by molar-refractivity contribution is 5.63. The molecule has 0 aromatic heterocycles. The third-order valence-electron chi connectivity index (χ3n) is 6.62. The van der Waals surface area contributed by atoms with Gasteiger partial charge in [0.25, 0.3) is 5.69 Å². The van der Waals surface area contributed by atoms with E-state index in [0.29, 0.717) is 12.5 Å². The standard InChI is InChI=1S/C27H29F3N4O2/c1-2-25(31-23-14-13-22(27(28,29)30)19-24(23)34(35)36)32-15-17-33(18-16-32)26(20-9-5-3-6-10-20)21-11-7-4-8-12-21/h3-14,19,25-26,31H,2,15-18H2,1H3. The van der Waals surface area contributed by atoms with E-state index in [4.69, 9.17) is 0 Å². The van der Waals surface area contributed by atoms with Crippen LogP contribution in [0.1, 0.15) is 36.1 Å². The van der Waals surface area contributed by atoms with Crippen LogP contribution in [0.5, 0.6) is 0 Å². The van der Waals surface area contributed by atoms with Gasteiger partial charge in [0, 0.05) is 32.2 Å². The monoisotopic (exact) mass is 498 g/mol. The number of alkyl halides is 3. The van der Waals surface area contributed by atoms with Crippen molar-refractivity contribution >= 4 is 11.4 Å². The fourth-order valence-corrected chi connectivity index (χ4v) is 4.80. The van der Waals surface area contributed by atoms with Gasteiger partial charge in [0.15, 0.2) is 0 Å². The van der Waals surface area contributed by atoms with E-state index in [1.807, 2.05) is 43.3 Å². The van der Waals surface area contributed by atoms with Crippen molar-refractivity contribution in [2.24, 2.45) is 0 Å². The summed E-state index contributed by atoms with van der Waals surface area (Å²) in [7, 11) is 0. The third-order valence-corrected chi connectivity index (χ3v) is 6.62. The molecule has 4 rings (SSSR count). The van der Waals surface area contributed by atoms with Crippen LogP contribution in [0.25, 0.3) is 0 Å². The zero-order chi connectivity index (χ0) is 25.7. The summed E-state index contributed by atoms with van der Waals surface area (Å²) in [5, 5.41) is 14.6. The molecule has 0 spiro atoms. The Morgan fingerprint density at radius 3 is 1.89 bits per heavy atom. The lowest BCUT2D eigenvalue weighted by molar-refractivity contribution is -0.384. The second-order valence-corrected chi connectivity index (χ2v) is 8.85. The third kappa shape index (κ3) is 5.85. The molecule has 1 aliphatic rings. The van der Waals surface area contributed by atoms with Crippen molar-refractivity contribution in [2.45, 2.75) is 31.7 Å². The fraction of sp³-hybridized carbons (Fsp3) is 0.333. The number of hydrogen-bond donors (Lipinski definition) is 1. The molecule has 1 aliphatic heterocycles. The number of nitro benzene ring substituents is 1. The summed E-state index contributed by atoms with van der Waals surface area (Å²) in [6, 6.07) is 23.4. The molecule has 3 aromatic carbocycles. The minimum Gasteiger partial charge on any atom is -0.364 e. The molecule has 1 saturated heterocycles. The first-order valence-electron chi connectivity index (χ1n) is 12.0. The molecule has 0 aliphatic carbocycles. The van der Waals surface area contributed by atoms with Gasteiger partial charge in [-0.25, -0.2) is 0 Å². The molecular formula is C27H29F3N4O2. The van der Waals surface area contributed by atoms with Gasteiger partial charge in [-0.3, -0.25) is 19.9 Å². The number of anilines is 1. The first-order valence-corrected chi connectivity index (χ1v) is 12.0. The molecule has 190 valence electrons. The average Bonchev–Trinajstić information content (AvgIpc) is 2.88. The molecule has 1 unspecified atom stereocenters. The number of halogens is 3. The van der Waals surface area contributed by atoms with E-state index in [0.717, 1.165) is 38.3 Å². The number of nitrogens with zero attached hydrogens (tertiary/aromatic N) is 3. The molecule has 1 fully saturated rings. The smallest absolute Gasteiger partial charge is 0.364 e. The molecule has 0 saturated carbocycles. The van der Waals surface area contributed by atoms with Crippen molar-refractivity contribution < 1.29 is 18.1 Å². The molecule has 0 radical (unpaired) electrons. The summed E-state index contributed by atoms with van der Waals surface area (Å²) >= 11 is 0. The molecule has 1 N–H and O–H groups in total. The second-order valence-electron chi connectivity index (χ2n) is 8.85. The molecule has 1 heterocycles. The topological polar surface area (TPSA) is 61.7 Å². The van der Waals surface area contributed by atoms with Crippen LogP contribution in [-0.2, 0) is 6.18 Å². The molecule has 1 atom stereocenters. The van der Waals surface area contributed by atoms with Crippen LogP contribution in [0, 0.1) is 10.1 Å². The van der Waals surface area contributed by atoms with Gasteiger partial charge < -0.3 is 5.32 Å². The highest BCUT2D eigenvalue weighted by Gasteiger charge is 2.34. The summed E-state index contributed by atoms with van der Waals surface area (Å²) in [6.07, 6.45) is -4.24. The molecule has 3 aromatic rings. The lowest BCUT2D eigenvalue weighted by Crippen LogP contribution is -2.53. The average molecular weight is 499 g/mol. The van der Waals surface area contributed by atoms with Gasteiger partial charge in [-0.15, -0.1) is 0 Å². The van der Waals surface area contributed by atoms with Gasteiger partial charge >= 0.3 is 6.18 Å². The van der Waals surface area contributed by atoms with Gasteiger partial charge in [0.2, 0.25) is 0 Å². The maximum Gasteiger partial charge on any atom is 0.416 e. The Balaban J connectivity index is 1.49. The Hall–Kier alpha value is -3.43. The van der Waals surface area contributed by atoms with Crippen LogP contribution in [0.15, 0.2) is 78.9 Å². The van der Waals surface area contributed by atoms with E-state index in [1.54, 1.807) is 0 Å². The molecule has 36 heavy (non-hydrogen) atoms. The van der Waals surface area contributed by atoms with E-state index in [1.165, 1.54) is 11.1 Å². The van der Waals surface area contributed by atoms with Gasteiger partial charge in [0.1, 0.15) is 5.69 Å². The van der Waals surface area contributed by atoms with Crippen molar-refractivity contribution in [1.29, 1.82) is 0 Å². The molecular weight excluding hydrogens is 469 g/mol. The molecule has 6 nitrogen and oxygen atoms in total. The highest BCUT2D eigenvalue weighted by atomic mass is 19.4. The normalized spacial score (nSPS) is 16.1. The number of benzene rings is 3. The number of nitro groups is 1. The molecule has 0 bridgehead atoms. The summed E-state index contributed by atoms with van der Waals surface area (Å²) in [5.41, 5.74) is 0.906. The van der Waals surface area contributed by atoms with Crippen molar-refractivity contribution in [1.82, 2.24) is 9.80 Å². The number of nitrogens with one attached hydrogen (secondary N) is 1. The van der Waals surface area contributed by atoms with E-state index in [9.17, 15) is 23.3 Å². The number of piperazine rings is 1. The van der Waals surface area contributed by atoms with Crippen molar-refractivity contribution in [3.63, 3.8) is 0 Å². The van der Waals surface area contributed by atoms with Crippen molar-refractivity contribution in [3.05, 3.63) is 106 Å². The van der Waals surface area contributed by atoms with Crippen molar-refractivity contribution in [2.75, 3.05) is 31.5 Å².